The predicted molar refractivity (Wildman–Crippen MR) is 96.4 cm³/mol. The van der Waals surface area contributed by atoms with Gasteiger partial charge in [0.15, 0.2) is 0 Å². The maximum Gasteiger partial charge on any atom is 0.318 e. The normalized spacial score (nSPS) is 11.7. The number of rotatable bonds is 5. The molecule has 3 amide bonds. The van der Waals surface area contributed by atoms with Gasteiger partial charge in [0, 0.05) is 39.3 Å². The number of likely N-dealkylation sites (N-methyl/N-ethyl adjacent to an activating group) is 1. The second-order valence-corrected chi connectivity index (χ2v) is 6.09. The number of carbonyl (C=O) groups is 2. The summed E-state index contributed by atoms with van der Waals surface area (Å²) in [6.45, 7) is 2.06. The maximum atomic E-state index is 12.3. The summed E-state index contributed by atoms with van der Waals surface area (Å²) in [5, 5.41) is 3.64. The van der Waals surface area contributed by atoms with E-state index in [2.05, 4.69) is 10.3 Å². The van der Waals surface area contributed by atoms with E-state index in [1.165, 1.54) is 9.80 Å². The molecule has 7 heteroatoms. The van der Waals surface area contributed by atoms with Crippen molar-refractivity contribution < 1.29 is 14.3 Å². The number of urea groups is 1. The zero-order valence-electron chi connectivity index (χ0n) is 15.2. The zero-order chi connectivity index (χ0) is 18.6. The minimum absolute atomic E-state index is 0.152. The van der Waals surface area contributed by atoms with Crippen LogP contribution in [0.1, 0.15) is 12.5 Å². The van der Waals surface area contributed by atoms with Gasteiger partial charge in [0.1, 0.15) is 17.3 Å². The van der Waals surface area contributed by atoms with E-state index >= 15 is 0 Å². The summed E-state index contributed by atoms with van der Waals surface area (Å²) in [7, 11) is 6.61. The molecule has 1 aromatic carbocycles. The van der Waals surface area contributed by atoms with Gasteiger partial charge in [0.25, 0.3) is 0 Å². The van der Waals surface area contributed by atoms with Gasteiger partial charge in [-0.05, 0) is 24.6 Å². The van der Waals surface area contributed by atoms with E-state index in [1.807, 2.05) is 24.3 Å². The molecule has 7 nitrogen and oxygen atoms in total. The van der Waals surface area contributed by atoms with Gasteiger partial charge in [-0.3, -0.25) is 9.78 Å². The van der Waals surface area contributed by atoms with Gasteiger partial charge < -0.3 is 19.9 Å². The number of amides is 3. The van der Waals surface area contributed by atoms with Crippen LogP contribution in [0.3, 0.4) is 0 Å². The molecule has 0 radical (unpaired) electrons. The van der Waals surface area contributed by atoms with Gasteiger partial charge in [-0.1, -0.05) is 12.1 Å². The number of hydrogen-bond acceptors (Lipinski definition) is 4. The Morgan fingerprint density at radius 1 is 1.24 bits per heavy atom. The topological polar surface area (TPSA) is 74.8 Å². The van der Waals surface area contributed by atoms with E-state index in [-0.39, 0.29) is 11.9 Å². The van der Waals surface area contributed by atoms with Crippen LogP contribution >= 0.6 is 0 Å². The van der Waals surface area contributed by atoms with Crippen LogP contribution in [0.4, 0.5) is 4.79 Å². The third-order valence-electron chi connectivity index (χ3n) is 3.95. The molecule has 0 aliphatic carbocycles. The highest BCUT2D eigenvalue weighted by molar-refractivity contribution is 5.88. The van der Waals surface area contributed by atoms with Gasteiger partial charge in [-0.15, -0.1) is 0 Å². The first kappa shape index (κ1) is 18.5. The average molecular weight is 344 g/mol. The number of carbonyl (C=O) groups excluding carboxylic acids is 2. The fourth-order valence-electron chi connectivity index (χ4n) is 2.58. The molecule has 0 fully saturated rings. The standard InChI is InChI=1S/C18H24N4O3/c1-12(17(23)21(2)3)20-18(24)22(4)11-13-8-9-15(25-5)16-14(13)7-6-10-19-16/h6-10,12H,11H2,1-5H3,(H,20,24). The van der Waals surface area contributed by atoms with Crippen LogP contribution in [0.2, 0.25) is 0 Å². The minimum Gasteiger partial charge on any atom is -0.494 e. The molecule has 1 aromatic heterocycles. The fourth-order valence-corrected chi connectivity index (χ4v) is 2.58. The summed E-state index contributed by atoms with van der Waals surface area (Å²) in [4.78, 5) is 31.6. The molecule has 1 atom stereocenters. The molecule has 1 heterocycles. The lowest BCUT2D eigenvalue weighted by Gasteiger charge is -2.23. The molecule has 0 saturated heterocycles. The van der Waals surface area contributed by atoms with Crippen molar-refractivity contribution in [1.29, 1.82) is 0 Å². The average Bonchev–Trinajstić information content (AvgIpc) is 2.60. The van der Waals surface area contributed by atoms with E-state index in [9.17, 15) is 9.59 Å². The first-order valence-corrected chi connectivity index (χ1v) is 7.98. The van der Waals surface area contributed by atoms with Crippen LogP contribution in [0, 0.1) is 0 Å². The van der Waals surface area contributed by atoms with Crippen LogP contribution in [0.15, 0.2) is 30.5 Å². The highest BCUT2D eigenvalue weighted by Gasteiger charge is 2.20. The monoisotopic (exact) mass is 344 g/mol. The lowest BCUT2D eigenvalue weighted by atomic mass is 10.1. The molecule has 0 aliphatic heterocycles. The third kappa shape index (κ3) is 4.17. The number of fused-ring (bicyclic) bond motifs is 1. The van der Waals surface area contributed by atoms with Crippen molar-refractivity contribution in [3.05, 3.63) is 36.0 Å². The Morgan fingerprint density at radius 3 is 2.60 bits per heavy atom. The molecule has 2 aromatic rings. The second kappa shape index (κ2) is 7.83. The summed E-state index contributed by atoms with van der Waals surface area (Å²) < 4.78 is 5.34. The van der Waals surface area contributed by atoms with Gasteiger partial charge in [0.05, 0.1) is 7.11 Å². The molecule has 134 valence electrons. The highest BCUT2D eigenvalue weighted by Crippen LogP contribution is 2.27. The van der Waals surface area contributed by atoms with Crippen LogP contribution in [-0.2, 0) is 11.3 Å². The Bertz CT molecular complexity index is 776. The summed E-state index contributed by atoms with van der Waals surface area (Å²) in [6, 6.07) is 6.66. The maximum absolute atomic E-state index is 12.3. The summed E-state index contributed by atoms with van der Waals surface area (Å²) in [6.07, 6.45) is 1.71. The van der Waals surface area contributed by atoms with Crippen molar-refractivity contribution in [2.24, 2.45) is 0 Å². The van der Waals surface area contributed by atoms with Gasteiger partial charge in [-0.2, -0.15) is 0 Å². The molecule has 0 aliphatic rings. The van der Waals surface area contributed by atoms with Crippen molar-refractivity contribution >= 4 is 22.8 Å². The molecule has 0 spiro atoms. The lowest BCUT2D eigenvalue weighted by molar-refractivity contribution is -0.130. The van der Waals surface area contributed by atoms with Crippen molar-refractivity contribution in [2.45, 2.75) is 19.5 Å². The zero-order valence-corrected chi connectivity index (χ0v) is 15.2. The van der Waals surface area contributed by atoms with Crippen molar-refractivity contribution in [3.63, 3.8) is 0 Å². The van der Waals surface area contributed by atoms with Crippen molar-refractivity contribution in [2.75, 3.05) is 28.3 Å². The van der Waals surface area contributed by atoms with Crippen LogP contribution in [-0.4, -0.2) is 61.0 Å². The number of nitrogens with zero attached hydrogens (tertiary/aromatic N) is 3. The first-order valence-electron chi connectivity index (χ1n) is 7.98. The van der Waals surface area contributed by atoms with E-state index in [0.717, 1.165) is 16.5 Å². The van der Waals surface area contributed by atoms with E-state index < -0.39 is 6.04 Å². The second-order valence-electron chi connectivity index (χ2n) is 6.09. The Kier molecular flexibility index (Phi) is 5.80. The number of hydrogen-bond donors (Lipinski definition) is 1. The number of pyridine rings is 1. The molecule has 0 saturated carbocycles. The van der Waals surface area contributed by atoms with Gasteiger partial charge >= 0.3 is 6.03 Å². The van der Waals surface area contributed by atoms with Crippen LogP contribution < -0.4 is 10.1 Å². The van der Waals surface area contributed by atoms with E-state index in [1.54, 1.807) is 41.4 Å². The number of benzene rings is 1. The SMILES string of the molecule is COc1ccc(CN(C)C(=O)NC(C)C(=O)N(C)C)c2cccnc12. The molecular formula is C18H24N4O3. The van der Waals surface area contributed by atoms with Gasteiger partial charge in [-0.25, -0.2) is 4.79 Å². The van der Waals surface area contributed by atoms with Crippen LogP contribution in [0.5, 0.6) is 5.75 Å². The number of nitrogens with one attached hydrogen (secondary N) is 1. The largest absolute Gasteiger partial charge is 0.494 e. The minimum atomic E-state index is -0.584. The Morgan fingerprint density at radius 2 is 1.96 bits per heavy atom. The van der Waals surface area contributed by atoms with Crippen LogP contribution in [0.25, 0.3) is 10.9 Å². The third-order valence-corrected chi connectivity index (χ3v) is 3.95. The number of methoxy groups -OCH3 is 1. The molecule has 0 bridgehead atoms. The molecule has 2 rings (SSSR count). The fraction of sp³-hybridized carbons (Fsp3) is 0.389. The summed E-state index contributed by atoms with van der Waals surface area (Å²) in [5.74, 6) is 0.539. The molecule has 25 heavy (non-hydrogen) atoms. The Labute approximate surface area is 147 Å². The van der Waals surface area contributed by atoms with Crippen molar-refractivity contribution in [3.8, 4) is 5.75 Å². The van der Waals surface area contributed by atoms with Gasteiger partial charge in [0.2, 0.25) is 5.91 Å². The number of aromatic nitrogens is 1. The molecule has 1 N–H and O–H groups in total. The quantitative estimate of drug-likeness (QED) is 0.898. The summed E-state index contributed by atoms with van der Waals surface area (Å²) >= 11 is 0. The highest BCUT2D eigenvalue weighted by atomic mass is 16.5. The first-order chi connectivity index (χ1) is 11.8. The molecule has 1 unspecified atom stereocenters. The predicted octanol–water partition coefficient (Wildman–Crippen LogP) is 1.86. The Balaban J connectivity index is 2.15. The lowest BCUT2D eigenvalue weighted by Crippen LogP contribution is -2.48. The molecular weight excluding hydrogens is 320 g/mol. The van der Waals surface area contributed by atoms with E-state index in [0.29, 0.717) is 12.3 Å². The van der Waals surface area contributed by atoms with Crippen molar-refractivity contribution in [1.82, 2.24) is 20.1 Å². The number of ether oxygens (including phenoxy) is 1. The Hall–Kier alpha value is -2.83. The smallest absolute Gasteiger partial charge is 0.318 e. The van der Waals surface area contributed by atoms with E-state index in [4.69, 9.17) is 4.74 Å². The summed E-state index contributed by atoms with van der Waals surface area (Å²) in [5.41, 5.74) is 1.71.